The molecular formula is C10H7N3O2. The smallest absolute Gasteiger partial charge is 0.229 e. The molecule has 1 N–H and O–H groups in total. The fraction of sp³-hybridized carbons (Fsp3) is 0. The number of carbonyl (C=O) groups is 2. The number of aromatic amines is 1. The molecule has 0 amide bonds. The lowest BCUT2D eigenvalue weighted by Crippen LogP contribution is -2.03. The highest BCUT2D eigenvalue weighted by Crippen LogP contribution is 2.04. The fourth-order valence-electron chi connectivity index (χ4n) is 1.15. The minimum Gasteiger partial charge on any atom is -0.333 e. The first-order valence-corrected chi connectivity index (χ1v) is 4.27. The number of hydrogen-bond donors (Lipinski definition) is 1. The van der Waals surface area contributed by atoms with E-state index in [0.717, 1.165) is 0 Å². The summed E-state index contributed by atoms with van der Waals surface area (Å²) >= 11 is 0. The van der Waals surface area contributed by atoms with Gasteiger partial charge in [0.1, 0.15) is 11.4 Å². The summed E-state index contributed by atoms with van der Waals surface area (Å²) in [7, 11) is 0. The maximum Gasteiger partial charge on any atom is 0.229 e. The van der Waals surface area contributed by atoms with Crippen LogP contribution in [-0.2, 0) is 0 Å². The van der Waals surface area contributed by atoms with Gasteiger partial charge < -0.3 is 4.98 Å². The van der Waals surface area contributed by atoms with Gasteiger partial charge in [0.05, 0.1) is 6.20 Å². The molecule has 5 heteroatoms. The number of pyridine rings is 1. The third-order valence-electron chi connectivity index (χ3n) is 1.85. The number of aldehydes is 1. The molecule has 0 aromatic carbocycles. The molecule has 0 spiro atoms. The Morgan fingerprint density at radius 3 is 2.80 bits per heavy atom. The number of imidazole rings is 1. The van der Waals surface area contributed by atoms with Crippen molar-refractivity contribution < 1.29 is 9.59 Å². The van der Waals surface area contributed by atoms with Gasteiger partial charge in [-0.15, -0.1) is 0 Å². The Morgan fingerprint density at radius 2 is 2.20 bits per heavy atom. The van der Waals surface area contributed by atoms with Gasteiger partial charge in [0.2, 0.25) is 5.78 Å². The van der Waals surface area contributed by atoms with E-state index in [9.17, 15) is 9.59 Å². The van der Waals surface area contributed by atoms with Crippen LogP contribution in [0, 0.1) is 0 Å². The van der Waals surface area contributed by atoms with E-state index in [1.165, 1.54) is 12.4 Å². The first kappa shape index (κ1) is 9.26. The van der Waals surface area contributed by atoms with Crippen molar-refractivity contribution in [3.05, 3.63) is 47.8 Å². The van der Waals surface area contributed by atoms with E-state index in [1.54, 1.807) is 18.2 Å². The zero-order valence-corrected chi connectivity index (χ0v) is 7.68. The molecule has 2 aromatic rings. The molecule has 0 aliphatic heterocycles. The molecule has 0 saturated carbocycles. The van der Waals surface area contributed by atoms with Crippen LogP contribution in [0.4, 0.5) is 0 Å². The van der Waals surface area contributed by atoms with E-state index in [1.807, 2.05) is 0 Å². The van der Waals surface area contributed by atoms with Gasteiger partial charge in [-0.3, -0.25) is 14.6 Å². The average Bonchev–Trinajstić information content (AvgIpc) is 2.78. The first-order valence-electron chi connectivity index (χ1n) is 4.27. The predicted octanol–water partition coefficient (Wildman–Crippen LogP) is 0.848. The van der Waals surface area contributed by atoms with Crippen molar-refractivity contribution in [3.63, 3.8) is 0 Å². The average molecular weight is 201 g/mol. The summed E-state index contributed by atoms with van der Waals surface area (Å²) in [5.74, 6) is -0.148. The van der Waals surface area contributed by atoms with Gasteiger partial charge in [0, 0.05) is 6.20 Å². The van der Waals surface area contributed by atoms with Gasteiger partial charge in [-0.25, -0.2) is 4.98 Å². The Morgan fingerprint density at radius 1 is 1.33 bits per heavy atom. The number of nitrogens with one attached hydrogen (secondary N) is 1. The highest BCUT2D eigenvalue weighted by atomic mass is 16.1. The van der Waals surface area contributed by atoms with Crippen LogP contribution in [-0.4, -0.2) is 27.0 Å². The molecular weight excluding hydrogens is 194 g/mol. The van der Waals surface area contributed by atoms with Crippen molar-refractivity contribution in [3.8, 4) is 0 Å². The molecule has 15 heavy (non-hydrogen) atoms. The van der Waals surface area contributed by atoms with Crippen LogP contribution in [0.2, 0.25) is 0 Å². The summed E-state index contributed by atoms with van der Waals surface area (Å²) < 4.78 is 0. The van der Waals surface area contributed by atoms with E-state index in [4.69, 9.17) is 0 Å². The third-order valence-corrected chi connectivity index (χ3v) is 1.85. The first-order chi connectivity index (χ1) is 7.31. The van der Waals surface area contributed by atoms with Crippen LogP contribution in [0.1, 0.15) is 26.8 Å². The lowest BCUT2D eigenvalue weighted by atomic mass is 10.2. The molecule has 0 aliphatic rings. The molecule has 2 aromatic heterocycles. The van der Waals surface area contributed by atoms with Crippen LogP contribution in [0.15, 0.2) is 30.6 Å². The third kappa shape index (κ3) is 1.80. The second-order valence-electron chi connectivity index (χ2n) is 2.84. The largest absolute Gasteiger partial charge is 0.333 e. The van der Waals surface area contributed by atoms with E-state index >= 15 is 0 Å². The number of rotatable bonds is 3. The van der Waals surface area contributed by atoms with E-state index < -0.39 is 0 Å². The molecule has 5 nitrogen and oxygen atoms in total. The maximum absolute atomic E-state index is 11.7. The molecule has 74 valence electrons. The van der Waals surface area contributed by atoms with Crippen molar-refractivity contribution in [2.75, 3.05) is 0 Å². The zero-order chi connectivity index (χ0) is 10.7. The molecule has 0 saturated heterocycles. The second kappa shape index (κ2) is 3.83. The summed E-state index contributed by atoms with van der Waals surface area (Å²) in [6.07, 6.45) is 3.40. The Bertz CT molecular complexity index is 490. The highest BCUT2D eigenvalue weighted by molar-refractivity contribution is 6.06. The number of ketones is 1. The summed E-state index contributed by atoms with van der Waals surface area (Å²) in [6, 6.07) is 5.04. The van der Waals surface area contributed by atoms with E-state index in [2.05, 4.69) is 15.0 Å². The predicted molar refractivity (Wildman–Crippen MR) is 51.6 cm³/mol. The minimum atomic E-state index is -0.281. The number of carbonyl (C=O) groups excluding carboxylic acids is 2. The monoisotopic (exact) mass is 201 g/mol. The van der Waals surface area contributed by atoms with E-state index in [0.29, 0.717) is 12.0 Å². The van der Waals surface area contributed by atoms with Crippen molar-refractivity contribution in [2.24, 2.45) is 0 Å². The van der Waals surface area contributed by atoms with Gasteiger partial charge in [-0.2, -0.15) is 0 Å². The van der Waals surface area contributed by atoms with Crippen molar-refractivity contribution in [1.29, 1.82) is 0 Å². The topological polar surface area (TPSA) is 75.7 Å². The highest BCUT2D eigenvalue weighted by Gasteiger charge is 2.12. The minimum absolute atomic E-state index is 0.134. The molecule has 0 bridgehead atoms. The number of hydrogen-bond acceptors (Lipinski definition) is 4. The number of aromatic nitrogens is 3. The molecule has 0 aliphatic carbocycles. The van der Waals surface area contributed by atoms with Crippen LogP contribution in [0.5, 0.6) is 0 Å². The molecule has 0 atom stereocenters. The lowest BCUT2D eigenvalue weighted by Gasteiger charge is -1.94. The van der Waals surface area contributed by atoms with Crippen LogP contribution < -0.4 is 0 Å². The summed E-state index contributed by atoms with van der Waals surface area (Å²) in [5.41, 5.74) is 0.578. The van der Waals surface area contributed by atoms with Crippen molar-refractivity contribution >= 4 is 12.1 Å². The summed E-state index contributed by atoms with van der Waals surface area (Å²) in [4.78, 5) is 32.3. The molecule has 0 unspecified atom stereocenters. The molecule has 0 radical (unpaired) electrons. The molecule has 0 fully saturated rings. The number of nitrogens with zero attached hydrogens (tertiary/aromatic N) is 2. The Balaban J connectivity index is 2.32. The SMILES string of the molecule is O=Cc1ncc(C(=O)c2ccccn2)[nH]1. The van der Waals surface area contributed by atoms with E-state index in [-0.39, 0.29) is 17.3 Å². The fourth-order valence-corrected chi connectivity index (χ4v) is 1.15. The normalized spacial score (nSPS) is 9.87. The van der Waals surface area contributed by atoms with Crippen molar-refractivity contribution in [2.45, 2.75) is 0 Å². The molecule has 2 heterocycles. The van der Waals surface area contributed by atoms with Gasteiger partial charge in [0.15, 0.2) is 12.1 Å². The summed E-state index contributed by atoms with van der Waals surface area (Å²) in [5, 5.41) is 0. The van der Waals surface area contributed by atoms with Crippen LogP contribution in [0.25, 0.3) is 0 Å². The van der Waals surface area contributed by atoms with Gasteiger partial charge in [-0.1, -0.05) is 6.07 Å². The van der Waals surface area contributed by atoms with Crippen LogP contribution >= 0.6 is 0 Å². The Labute approximate surface area is 85.2 Å². The second-order valence-corrected chi connectivity index (χ2v) is 2.84. The molecule has 2 rings (SSSR count). The van der Waals surface area contributed by atoms with Gasteiger partial charge in [-0.05, 0) is 12.1 Å². The van der Waals surface area contributed by atoms with Gasteiger partial charge >= 0.3 is 0 Å². The maximum atomic E-state index is 11.7. The lowest BCUT2D eigenvalue weighted by molar-refractivity contribution is 0.103. The quantitative estimate of drug-likeness (QED) is 0.590. The van der Waals surface area contributed by atoms with Gasteiger partial charge in [0.25, 0.3) is 0 Å². The van der Waals surface area contributed by atoms with Crippen LogP contribution in [0.3, 0.4) is 0 Å². The van der Waals surface area contributed by atoms with Crippen molar-refractivity contribution in [1.82, 2.24) is 15.0 Å². The standard InChI is InChI=1S/C10H7N3O2/c14-6-9-12-5-8(13-9)10(15)7-3-1-2-4-11-7/h1-6H,(H,12,13). The summed E-state index contributed by atoms with van der Waals surface area (Å²) in [6.45, 7) is 0. The number of H-pyrrole nitrogens is 1. The Kier molecular flexibility index (Phi) is 2.37. The zero-order valence-electron chi connectivity index (χ0n) is 7.68. The Hall–Kier alpha value is -2.30.